The summed E-state index contributed by atoms with van der Waals surface area (Å²) < 4.78 is 5.51. The molecule has 3 rings (SSSR count). The van der Waals surface area contributed by atoms with Crippen LogP contribution in [0.5, 0.6) is 5.75 Å². The van der Waals surface area contributed by atoms with Crippen molar-refractivity contribution < 1.29 is 14.4 Å². The van der Waals surface area contributed by atoms with Gasteiger partial charge in [-0.3, -0.25) is 9.78 Å². The van der Waals surface area contributed by atoms with E-state index in [1.165, 1.54) is 4.90 Å². The molecule has 0 unspecified atom stereocenters. The number of carbonyl (C=O) groups is 1. The number of hydrogen-bond donors (Lipinski definition) is 2. The van der Waals surface area contributed by atoms with Crippen LogP contribution in [0.1, 0.15) is 27.7 Å². The largest absolute Gasteiger partial charge is 0.496 e. The number of nitrogens with zero attached hydrogens (tertiary/aromatic N) is 1. The van der Waals surface area contributed by atoms with E-state index in [1.54, 1.807) is 7.11 Å². The number of pyridine rings is 1. The number of methoxy groups -OCH3 is 1. The molecule has 0 bridgehead atoms. The summed E-state index contributed by atoms with van der Waals surface area (Å²) in [4.78, 5) is 18.7. The first-order valence-electron chi connectivity index (χ1n) is 9.08. The fraction of sp³-hybridized carbons (Fsp3) is 0.273. The molecule has 0 radical (unpaired) electrons. The van der Waals surface area contributed by atoms with E-state index >= 15 is 0 Å². The Kier molecular flexibility index (Phi) is 5.72. The minimum Gasteiger partial charge on any atom is -0.496 e. The van der Waals surface area contributed by atoms with Crippen LogP contribution in [0, 0.1) is 6.92 Å². The number of amides is 1. The molecule has 1 heterocycles. The van der Waals surface area contributed by atoms with Crippen LogP contribution in [-0.4, -0.2) is 38.6 Å². The van der Waals surface area contributed by atoms with Crippen molar-refractivity contribution in [2.75, 3.05) is 27.7 Å². The van der Waals surface area contributed by atoms with Gasteiger partial charge in [0.25, 0.3) is 5.91 Å². The highest BCUT2D eigenvalue weighted by atomic mass is 16.5. The molecule has 1 atom stereocenters. The van der Waals surface area contributed by atoms with Crippen molar-refractivity contribution in [3.63, 3.8) is 0 Å². The number of nitrogens with one attached hydrogen (secondary N) is 2. The molecule has 0 aliphatic carbocycles. The monoisotopic (exact) mass is 364 g/mol. The minimum atomic E-state index is -0.0853. The second-order valence-electron chi connectivity index (χ2n) is 6.91. The molecule has 0 aliphatic heterocycles. The van der Waals surface area contributed by atoms with Gasteiger partial charge in [0.05, 0.1) is 44.4 Å². The lowest BCUT2D eigenvalue weighted by molar-refractivity contribution is -0.890. The third-order valence-electron chi connectivity index (χ3n) is 4.77. The molecule has 2 aromatic carbocycles. The molecule has 2 N–H and O–H groups in total. The lowest BCUT2D eigenvalue weighted by atomic mass is 10.0. The van der Waals surface area contributed by atoms with E-state index in [9.17, 15) is 4.79 Å². The Morgan fingerprint density at radius 3 is 2.59 bits per heavy atom. The topological polar surface area (TPSA) is 55.7 Å². The first-order valence-corrected chi connectivity index (χ1v) is 9.08. The molecule has 140 valence electrons. The van der Waals surface area contributed by atoms with Crippen LogP contribution in [0.4, 0.5) is 0 Å². The van der Waals surface area contributed by atoms with E-state index in [2.05, 4.69) is 30.5 Å². The Morgan fingerprint density at radius 2 is 1.85 bits per heavy atom. The van der Waals surface area contributed by atoms with Gasteiger partial charge in [0, 0.05) is 11.1 Å². The summed E-state index contributed by atoms with van der Waals surface area (Å²) >= 11 is 0. The number of aryl methyl sites for hydroxylation is 1. The zero-order valence-electron chi connectivity index (χ0n) is 16.2. The molecule has 1 aromatic heterocycles. The predicted molar refractivity (Wildman–Crippen MR) is 107 cm³/mol. The second kappa shape index (κ2) is 8.18. The van der Waals surface area contributed by atoms with Crippen LogP contribution in [0.3, 0.4) is 0 Å². The Hall–Kier alpha value is -2.92. The standard InChI is InChI=1S/C22H25N3O2/c1-15-13-18(16-9-5-7-11-19(16)24-15)22(26)23-14-20(25(2)3)17-10-6-8-12-21(17)27-4/h5-13,20H,14H2,1-4H3,(H,23,26)/p+1/t20-/m0/s1. The number of fused-ring (bicyclic) bond motifs is 1. The molecule has 0 aliphatic rings. The van der Waals surface area contributed by atoms with Crippen LogP contribution in [0.2, 0.25) is 0 Å². The number of benzene rings is 2. The first kappa shape index (κ1) is 18.9. The SMILES string of the molecule is COc1ccccc1[C@H](CNC(=O)c1cc(C)nc2ccccc12)[NH+](C)C. The summed E-state index contributed by atoms with van der Waals surface area (Å²) in [5.41, 5.74) is 3.40. The van der Waals surface area contributed by atoms with Crippen molar-refractivity contribution in [2.24, 2.45) is 0 Å². The molecular formula is C22H26N3O2+. The van der Waals surface area contributed by atoms with Crippen LogP contribution in [-0.2, 0) is 0 Å². The number of carbonyl (C=O) groups excluding carboxylic acids is 1. The number of quaternary nitrogens is 1. The van der Waals surface area contributed by atoms with Gasteiger partial charge in [0.1, 0.15) is 11.8 Å². The summed E-state index contributed by atoms with van der Waals surface area (Å²) in [7, 11) is 5.83. The highest BCUT2D eigenvalue weighted by molar-refractivity contribution is 6.06. The van der Waals surface area contributed by atoms with Gasteiger partial charge in [-0.2, -0.15) is 0 Å². The fourth-order valence-corrected chi connectivity index (χ4v) is 3.37. The Balaban J connectivity index is 1.86. The maximum absolute atomic E-state index is 12.9. The number of likely N-dealkylation sites (N-methyl/N-ethyl adjacent to an activating group) is 1. The molecule has 5 heteroatoms. The van der Waals surface area contributed by atoms with Gasteiger partial charge in [0.2, 0.25) is 0 Å². The zero-order chi connectivity index (χ0) is 19.4. The van der Waals surface area contributed by atoms with E-state index in [0.717, 1.165) is 27.9 Å². The lowest BCUT2D eigenvalue weighted by Gasteiger charge is -2.24. The number of aromatic nitrogens is 1. The molecule has 0 spiro atoms. The third-order valence-corrected chi connectivity index (χ3v) is 4.77. The van der Waals surface area contributed by atoms with E-state index in [4.69, 9.17) is 4.74 Å². The van der Waals surface area contributed by atoms with Gasteiger partial charge in [0.15, 0.2) is 0 Å². The van der Waals surface area contributed by atoms with E-state index < -0.39 is 0 Å². The second-order valence-corrected chi connectivity index (χ2v) is 6.91. The van der Waals surface area contributed by atoms with Crippen molar-refractivity contribution in [3.05, 3.63) is 71.4 Å². The highest BCUT2D eigenvalue weighted by Crippen LogP contribution is 2.23. The van der Waals surface area contributed by atoms with Crippen molar-refractivity contribution in [1.82, 2.24) is 10.3 Å². The Morgan fingerprint density at radius 1 is 1.15 bits per heavy atom. The summed E-state index contributed by atoms with van der Waals surface area (Å²) in [5.74, 6) is 0.751. The highest BCUT2D eigenvalue weighted by Gasteiger charge is 2.23. The number of rotatable bonds is 6. The number of ether oxygens (including phenoxy) is 1. The van der Waals surface area contributed by atoms with E-state index in [1.807, 2.05) is 55.5 Å². The van der Waals surface area contributed by atoms with Crippen LogP contribution in [0.25, 0.3) is 10.9 Å². The molecule has 1 amide bonds. The van der Waals surface area contributed by atoms with E-state index in [0.29, 0.717) is 12.1 Å². The predicted octanol–water partition coefficient (Wildman–Crippen LogP) is 2.17. The van der Waals surface area contributed by atoms with Gasteiger partial charge in [-0.25, -0.2) is 0 Å². The lowest BCUT2D eigenvalue weighted by Crippen LogP contribution is -3.07. The van der Waals surface area contributed by atoms with Gasteiger partial charge in [-0.1, -0.05) is 30.3 Å². The molecule has 5 nitrogen and oxygen atoms in total. The van der Waals surface area contributed by atoms with E-state index in [-0.39, 0.29) is 11.9 Å². The quantitative estimate of drug-likeness (QED) is 0.705. The van der Waals surface area contributed by atoms with Crippen LogP contribution < -0.4 is 15.0 Å². The molecule has 27 heavy (non-hydrogen) atoms. The summed E-state index contributed by atoms with van der Waals surface area (Å²) in [5, 5.41) is 3.97. The summed E-state index contributed by atoms with van der Waals surface area (Å²) in [6, 6.07) is 17.6. The van der Waals surface area contributed by atoms with Gasteiger partial charge < -0.3 is 15.0 Å². The maximum Gasteiger partial charge on any atom is 0.252 e. The molecule has 3 aromatic rings. The van der Waals surface area contributed by atoms with Crippen molar-refractivity contribution in [1.29, 1.82) is 0 Å². The van der Waals surface area contributed by atoms with Crippen molar-refractivity contribution >= 4 is 16.8 Å². The molecule has 0 saturated carbocycles. The fourth-order valence-electron chi connectivity index (χ4n) is 3.37. The van der Waals surface area contributed by atoms with Crippen molar-refractivity contribution in [3.8, 4) is 5.75 Å². The number of hydrogen-bond acceptors (Lipinski definition) is 3. The normalized spacial score (nSPS) is 12.2. The van der Waals surface area contributed by atoms with Gasteiger partial charge >= 0.3 is 0 Å². The van der Waals surface area contributed by atoms with Crippen molar-refractivity contribution in [2.45, 2.75) is 13.0 Å². The minimum absolute atomic E-state index is 0.0827. The maximum atomic E-state index is 12.9. The molecular weight excluding hydrogens is 338 g/mol. The number of para-hydroxylation sites is 2. The van der Waals surface area contributed by atoms with Crippen LogP contribution in [0.15, 0.2) is 54.6 Å². The van der Waals surface area contributed by atoms with Crippen LogP contribution >= 0.6 is 0 Å². The van der Waals surface area contributed by atoms with Gasteiger partial charge in [-0.15, -0.1) is 0 Å². The summed E-state index contributed by atoms with van der Waals surface area (Å²) in [6.07, 6.45) is 0. The molecule has 0 fully saturated rings. The smallest absolute Gasteiger partial charge is 0.252 e. The Bertz CT molecular complexity index is 953. The summed E-state index contributed by atoms with van der Waals surface area (Å²) in [6.45, 7) is 2.42. The third kappa shape index (κ3) is 4.09. The average molecular weight is 364 g/mol. The Labute approximate surface area is 160 Å². The average Bonchev–Trinajstić information content (AvgIpc) is 2.67. The molecule has 0 saturated heterocycles. The van der Waals surface area contributed by atoms with Gasteiger partial charge in [-0.05, 0) is 31.2 Å². The zero-order valence-corrected chi connectivity index (χ0v) is 16.2. The first-order chi connectivity index (χ1) is 13.0.